The van der Waals surface area contributed by atoms with Gasteiger partial charge in [0.05, 0.1) is 6.61 Å². The van der Waals surface area contributed by atoms with E-state index in [9.17, 15) is 0 Å². The smallest absolute Gasteiger partial charge is 0.143 e. The van der Waals surface area contributed by atoms with Gasteiger partial charge in [0.1, 0.15) is 11.5 Å². The second-order valence-corrected chi connectivity index (χ2v) is 4.08. The summed E-state index contributed by atoms with van der Waals surface area (Å²) >= 11 is 0. The third-order valence-electron chi connectivity index (χ3n) is 2.81. The van der Waals surface area contributed by atoms with E-state index in [-0.39, 0.29) is 6.61 Å². The molecule has 2 atom stereocenters. The third kappa shape index (κ3) is 1.37. The summed E-state index contributed by atoms with van der Waals surface area (Å²) in [4.78, 5) is 0. The quantitative estimate of drug-likeness (QED) is 0.719. The normalized spacial score (nSPS) is 27.3. The Kier molecular flexibility index (Phi) is 2.12. The Morgan fingerprint density at radius 1 is 1.54 bits per heavy atom. The van der Waals surface area contributed by atoms with Crippen LogP contribution in [0.25, 0.3) is 0 Å². The average Bonchev–Trinajstić information content (AvgIpc) is 2.47. The summed E-state index contributed by atoms with van der Waals surface area (Å²) in [6, 6.07) is 0. The number of hydrogen-bond donors (Lipinski definition) is 1. The summed E-state index contributed by atoms with van der Waals surface area (Å²) < 4.78 is 5.23. The van der Waals surface area contributed by atoms with Crippen molar-refractivity contribution in [3.05, 3.63) is 17.0 Å². The van der Waals surface area contributed by atoms with E-state index >= 15 is 0 Å². The van der Waals surface area contributed by atoms with Gasteiger partial charge in [-0.1, -0.05) is 19.0 Å². The fourth-order valence-electron chi connectivity index (χ4n) is 2.23. The first-order valence-corrected chi connectivity index (χ1v) is 4.80. The summed E-state index contributed by atoms with van der Waals surface area (Å²) in [5, 5.41) is 12.9. The maximum atomic E-state index is 9.03. The predicted molar refractivity (Wildman–Crippen MR) is 48.3 cm³/mol. The first-order valence-electron chi connectivity index (χ1n) is 4.80. The molecule has 0 amide bonds. The topological polar surface area (TPSA) is 46.3 Å². The van der Waals surface area contributed by atoms with Crippen molar-refractivity contribution < 1.29 is 9.63 Å². The second kappa shape index (κ2) is 3.14. The number of hydrogen-bond acceptors (Lipinski definition) is 3. The van der Waals surface area contributed by atoms with E-state index in [1.54, 1.807) is 0 Å². The number of nitrogens with zero attached hydrogens (tertiary/aromatic N) is 1. The molecule has 2 unspecified atom stereocenters. The van der Waals surface area contributed by atoms with E-state index in [0.29, 0.717) is 11.8 Å². The van der Waals surface area contributed by atoms with Gasteiger partial charge in [-0.2, -0.15) is 0 Å². The van der Waals surface area contributed by atoms with Crippen LogP contribution in [0, 0.1) is 5.92 Å². The van der Waals surface area contributed by atoms with Crippen molar-refractivity contribution in [2.24, 2.45) is 5.92 Å². The molecular formula is C10H15NO2. The average molecular weight is 181 g/mol. The van der Waals surface area contributed by atoms with Crippen molar-refractivity contribution in [2.75, 3.05) is 0 Å². The van der Waals surface area contributed by atoms with E-state index in [4.69, 9.17) is 9.63 Å². The number of aromatic nitrogens is 1. The summed E-state index contributed by atoms with van der Waals surface area (Å²) in [6.07, 6.45) is 2.16. The fourth-order valence-corrected chi connectivity index (χ4v) is 2.23. The highest BCUT2D eigenvalue weighted by Crippen LogP contribution is 2.35. The van der Waals surface area contributed by atoms with E-state index < -0.39 is 0 Å². The number of rotatable bonds is 1. The molecule has 1 heterocycles. The van der Waals surface area contributed by atoms with E-state index in [1.807, 2.05) is 0 Å². The molecule has 0 aromatic carbocycles. The van der Waals surface area contributed by atoms with Crippen LogP contribution < -0.4 is 0 Å². The third-order valence-corrected chi connectivity index (χ3v) is 2.81. The zero-order valence-corrected chi connectivity index (χ0v) is 8.08. The molecule has 13 heavy (non-hydrogen) atoms. The SMILES string of the molecule is CC1Cc2c(CO)noc2C(C)C1. The van der Waals surface area contributed by atoms with Crippen LogP contribution in [0.2, 0.25) is 0 Å². The molecule has 72 valence electrons. The zero-order chi connectivity index (χ0) is 9.42. The molecule has 1 aliphatic rings. The fraction of sp³-hybridized carbons (Fsp3) is 0.700. The molecule has 0 fully saturated rings. The first kappa shape index (κ1) is 8.75. The van der Waals surface area contributed by atoms with Gasteiger partial charge in [-0.3, -0.25) is 0 Å². The first-order chi connectivity index (χ1) is 6.22. The number of fused-ring (bicyclic) bond motifs is 1. The molecule has 0 spiro atoms. The van der Waals surface area contributed by atoms with E-state index in [2.05, 4.69) is 19.0 Å². The summed E-state index contributed by atoms with van der Waals surface area (Å²) in [5.74, 6) is 2.11. The molecule has 1 N–H and O–H groups in total. The molecule has 1 aromatic rings. The number of aliphatic hydroxyl groups is 1. The number of aliphatic hydroxyl groups excluding tert-OH is 1. The van der Waals surface area contributed by atoms with Gasteiger partial charge in [-0.15, -0.1) is 0 Å². The van der Waals surface area contributed by atoms with E-state index in [0.717, 1.165) is 29.9 Å². The Labute approximate surface area is 77.7 Å². The molecular weight excluding hydrogens is 166 g/mol. The van der Waals surface area contributed by atoms with Crippen molar-refractivity contribution in [3.63, 3.8) is 0 Å². The van der Waals surface area contributed by atoms with E-state index in [1.165, 1.54) is 0 Å². The minimum atomic E-state index is -0.00171. The lowest BCUT2D eigenvalue weighted by Crippen LogP contribution is -2.14. The van der Waals surface area contributed by atoms with Crippen LogP contribution in [-0.2, 0) is 13.0 Å². The van der Waals surface area contributed by atoms with Crippen molar-refractivity contribution in [3.8, 4) is 0 Å². The molecule has 3 nitrogen and oxygen atoms in total. The molecule has 0 radical (unpaired) electrons. The Morgan fingerprint density at radius 3 is 3.00 bits per heavy atom. The minimum absolute atomic E-state index is 0.00171. The molecule has 3 heteroatoms. The minimum Gasteiger partial charge on any atom is -0.390 e. The van der Waals surface area contributed by atoms with Gasteiger partial charge >= 0.3 is 0 Å². The van der Waals surface area contributed by atoms with Gasteiger partial charge in [0.15, 0.2) is 0 Å². The van der Waals surface area contributed by atoms with Gasteiger partial charge in [-0.25, -0.2) is 0 Å². The molecule has 0 bridgehead atoms. The maximum absolute atomic E-state index is 9.03. The van der Waals surface area contributed by atoms with Gasteiger partial charge in [0.2, 0.25) is 0 Å². The predicted octanol–water partition coefficient (Wildman–Crippen LogP) is 1.85. The van der Waals surface area contributed by atoms with Crippen LogP contribution in [0.15, 0.2) is 4.52 Å². The van der Waals surface area contributed by atoms with Crippen LogP contribution in [0.3, 0.4) is 0 Å². The van der Waals surface area contributed by atoms with Crippen LogP contribution in [0.1, 0.15) is 43.2 Å². The van der Waals surface area contributed by atoms with Crippen LogP contribution >= 0.6 is 0 Å². The van der Waals surface area contributed by atoms with Crippen molar-refractivity contribution >= 4 is 0 Å². The van der Waals surface area contributed by atoms with Crippen molar-refractivity contribution in [1.82, 2.24) is 5.16 Å². The van der Waals surface area contributed by atoms with Crippen LogP contribution in [0.5, 0.6) is 0 Å². The van der Waals surface area contributed by atoms with Crippen LogP contribution in [0.4, 0.5) is 0 Å². The molecule has 1 aliphatic carbocycles. The highest BCUT2D eigenvalue weighted by atomic mass is 16.5. The highest BCUT2D eigenvalue weighted by molar-refractivity contribution is 5.28. The van der Waals surface area contributed by atoms with Crippen molar-refractivity contribution in [2.45, 2.75) is 39.2 Å². The van der Waals surface area contributed by atoms with Gasteiger partial charge in [-0.05, 0) is 18.8 Å². The Balaban J connectivity index is 2.40. The van der Waals surface area contributed by atoms with Crippen LogP contribution in [-0.4, -0.2) is 10.3 Å². The van der Waals surface area contributed by atoms with Gasteiger partial charge < -0.3 is 9.63 Å². The monoisotopic (exact) mass is 181 g/mol. The second-order valence-electron chi connectivity index (χ2n) is 4.08. The lowest BCUT2D eigenvalue weighted by atomic mass is 9.82. The Hall–Kier alpha value is -0.830. The van der Waals surface area contributed by atoms with Gasteiger partial charge in [0.25, 0.3) is 0 Å². The summed E-state index contributed by atoms with van der Waals surface area (Å²) in [6.45, 7) is 4.38. The largest absolute Gasteiger partial charge is 0.390 e. The Bertz CT molecular complexity index is 306. The summed E-state index contributed by atoms with van der Waals surface area (Å²) in [7, 11) is 0. The molecule has 0 saturated carbocycles. The van der Waals surface area contributed by atoms with Crippen molar-refractivity contribution in [1.29, 1.82) is 0 Å². The lowest BCUT2D eigenvalue weighted by Gasteiger charge is -2.22. The molecule has 0 aliphatic heterocycles. The maximum Gasteiger partial charge on any atom is 0.143 e. The van der Waals surface area contributed by atoms with Gasteiger partial charge in [0, 0.05) is 11.5 Å². The zero-order valence-electron chi connectivity index (χ0n) is 8.08. The highest BCUT2D eigenvalue weighted by Gasteiger charge is 2.28. The molecule has 0 saturated heterocycles. The molecule has 1 aromatic heterocycles. The standard InChI is InChI=1S/C10H15NO2/c1-6-3-7(2)10-8(4-6)9(5-12)11-13-10/h6-7,12H,3-5H2,1-2H3. The summed E-state index contributed by atoms with van der Waals surface area (Å²) in [5.41, 5.74) is 1.88. The lowest BCUT2D eigenvalue weighted by molar-refractivity contribution is 0.264. The molecule has 2 rings (SSSR count). The Morgan fingerprint density at radius 2 is 2.31 bits per heavy atom.